The molecule has 0 aromatic heterocycles. The van der Waals surface area contributed by atoms with Crippen molar-refractivity contribution in [1.82, 2.24) is 4.90 Å². The van der Waals surface area contributed by atoms with Crippen molar-refractivity contribution in [3.05, 3.63) is 46.1 Å². The van der Waals surface area contributed by atoms with Crippen molar-refractivity contribution >= 4 is 23.5 Å². The third kappa shape index (κ3) is 5.37. The predicted molar refractivity (Wildman–Crippen MR) is 126 cm³/mol. The largest absolute Gasteiger partial charge is 0.481 e. The highest BCUT2D eigenvalue weighted by atomic mass is 35.5. The fraction of sp³-hybridized carbons (Fsp3) is 0.615. The quantitative estimate of drug-likeness (QED) is 0.557. The molecule has 0 spiro atoms. The molecule has 0 unspecified atom stereocenters. The lowest BCUT2D eigenvalue weighted by Crippen LogP contribution is -2.46. The van der Waals surface area contributed by atoms with Gasteiger partial charge in [-0.05, 0) is 68.2 Å². The Bertz CT molecular complexity index is 911. The van der Waals surface area contributed by atoms with E-state index in [1.54, 1.807) is 0 Å². The summed E-state index contributed by atoms with van der Waals surface area (Å²) >= 11 is 6.62. The average Bonchev–Trinajstić information content (AvgIpc) is 2.63. The number of hydrogen-bond donors (Lipinski definition) is 1. The van der Waals surface area contributed by atoms with Gasteiger partial charge in [-0.3, -0.25) is 9.59 Å². The maximum absolute atomic E-state index is 13.1. The SMILES string of the molecule is CC(C)C1=CN(CC2CC(C(=O)O)C2)C(=O)C[C@@]1(C)c1ccc(COC(C)(C)C)c(Cl)c1. The Morgan fingerprint density at radius 3 is 2.50 bits per heavy atom. The molecular weight excluding hydrogens is 426 g/mol. The lowest BCUT2D eigenvalue weighted by molar-refractivity contribution is -0.146. The molecule has 1 heterocycles. The number of allylic oxidation sites excluding steroid dienone is 1. The minimum Gasteiger partial charge on any atom is -0.481 e. The molecule has 1 atom stereocenters. The van der Waals surface area contributed by atoms with Gasteiger partial charge in [-0.15, -0.1) is 0 Å². The van der Waals surface area contributed by atoms with Gasteiger partial charge in [0.2, 0.25) is 5.91 Å². The van der Waals surface area contributed by atoms with Crippen LogP contribution in [0.4, 0.5) is 0 Å². The number of benzene rings is 1. The Morgan fingerprint density at radius 2 is 1.97 bits per heavy atom. The molecule has 1 aromatic rings. The van der Waals surface area contributed by atoms with Crippen LogP contribution in [0, 0.1) is 17.8 Å². The van der Waals surface area contributed by atoms with Crippen LogP contribution in [0.5, 0.6) is 0 Å². The van der Waals surface area contributed by atoms with Crippen molar-refractivity contribution in [2.45, 2.75) is 78.4 Å². The third-order valence-electron chi connectivity index (χ3n) is 6.77. The van der Waals surface area contributed by atoms with Crippen LogP contribution < -0.4 is 0 Å². The van der Waals surface area contributed by atoms with Gasteiger partial charge in [0, 0.05) is 29.6 Å². The zero-order valence-corrected chi connectivity index (χ0v) is 20.8. The van der Waals surface area contributed by atoms with E-state index in [2.05, 4.69) is 26.8 Å². The van der Waals surface area contributed by atoms with Gasteiger partial charge in [0.25, 0.3) is 0 Å². The van der Waals surface area contributed by atoms with E-state index >= 15 is 0 Å². The Kier molecular flexibility index (Phi) is 7.11. The average molecular weight is 462 g/mol. The van der Waals surface area contributed by atoms with Crippen LogP contribution in [0.25, 0.3) is 0 Å². The fourth-order valence-corrected chi connectivity index (χ4v) is 5.00. The van der Waals surface area contributed by atoms with Gasteiger partial charge >= 0.3 is 5.97 Å². The monoisotopic (exact) mass is 461 g/mol. The molecule has 6 heteroatoms. The molecule has 32 heavy (non-hydrogen) atoms. The van der Waals surface area contributed by atoms with Crippen LogP contribution in [-0.2, 0) is 26.3 Å². The number of hydrogen-bond acceptors (Lipinski definition) is 3. The first-order valence-electron chi connectivity index (χ1n) is 11.5. The second-order valence-corrected chi connectivity index (χ2v) is 11.3. The van der Waals surface area contributed by atoms with Gasteiger partial charge in [-0.2, -0.15) is 0 Å². The minimum absolute atomic E-state index is 0.0759. The van der Waals surface area contributed by atoms with Crippen molar-refractivity contribution in [2.75, 3.05) is 6.54 Å². The molecule has 0 radical (unpaired) electrons. The van der Waals surface area contributed by atoms with E-state index in [0.29, 0.717) is 37.4 Å². The van der Waals surface area contributed by atoms with Gasteiger partial charge in [-0.25, -0.2) is 0 Å². The maximum atomic E-state index is 13.1. The first kappa shape index (κ1) is 24.8. The third-order valence-corrected chi connectivity index (χ3v) is 7.12. The summed E-state index contributed by atoms with van der Waals surface area (Å²) in [6, 6.07) is 6.05. The van der Waals surface area contributed by atoms with Crippen LogP contribution in [0.1, 0.15) is 71.9 Å². The summed E-state index contributed by atoms with van der Waals surface area (Å²) in [5, 5.41) is 9.78. The lowest BCUT2D eigenvalue weighted by Gasteiger charge is -2.43. The van der Waals surface area contributed by atoms with Gasteiger partial charge < -0.3 is 14.7 Å². The molecule has 2 aliphatic rings. The smallest absolute Gasteiger partial charge is 0.306 e. The summed E-state index contributed by atoms with van der Waals surface area (Å²) in [6.45, 7) is 13.5. The Labute approximate surface area is 196 Å². The van der Waals surface area contributed by atoms with Crippen molar-refractivity contribution < 1.29 is 19.4 Å². The van der Waals surface area contributed by atoms with Gasteiger partial charge in [0.15, 0.2) is 0 Å². The fourth-order valence-electron chi connectivity index (χ4n) is 4.76. The summed E-state index contributed by atoms with van der Waals surface area (Å²) in [7, 11) is 0. The van der Waals surface area contributed by atoms with Crippen molar-refractivity contribution in [1.29, 1.82) is 0 Å². The molecule has 1 amide bonds. The zero-order chi connectivity index (χ0) is 23.8. The number of rotatable bonds is 7. The number of carbonyl (C=O) groups is 2. The number of amides is 1. The molecule has 1 aliphatic heterocycles. The van der Waals surface area contributed by atoms with Gasteiger partial charge in [0.1, 0.15) is 0 Å². The Balaban J connectivity index is 1.82. The van der Waals surface area contributed by atoms with Crippen LogP contribution in [0.2, 0.25) is 5.02 Å². The highest BCUT2D eigenvalue weighted by molar-refractivity contribution is 6.31. The normalized spacial score (nSPS) is 26.2. The number of halogens is 1. The molecule has 3 rings (SSSR count). The van der Waals surface area contributed by atoms with Gasteiger partial charge in [0.05, 0.1) is 18.1 Å². The predicted octanol–water partition coefficient (Wildman–Crippen LogP) is 5.80. The van der Waals surface area contributed by atoms with Crippen LogP contribution in [-0.4, -0.2) is 34.0 Å². The molecule has 0 saturated heterocycles. The Hall–Kier alpha value is -1.85. The van der Waals surface area contributed by atoms with E-state index in [-0.39, 0.29) is 29.3 Å². The number of carboxylic acid groups (broad SMARTS) is 1. The summed E-state index contributed by atoms with van der Waals surface area (Å²) < 4.78 is 5.88. The number of ether oxygens (including phenoxy) is 1. The first-order chi connectivity index (χ1) is 14.8. The van der Waals surface area contributed by atoms with E-state index in [0.717, 1.165) is 11.1 Å². The maximum Gasteiger partial charge on any atom is 0.306 e. The summed E-state index contributed by atoms with van der Waals surface area (Å²) in [5.74, 6) is -0.406. The lowest BCUT2D eigenvalue weighted by atomic mass is 9.67. The van der Waals surface area contributed by atoms with Crippen molar-refractivity contribution in [3.63, 3.8) is 0 Å². The summed E-state index contributed by atoms with van der Waals surface area (Å²) in [4.78, 5) is 26.0. The van der Waals surface area contributed by atoms with E-state index < -0.39 is 11.4 Å². The molecule has 1 aliphatic carbocycles. The first-order valence-corrected chi connectivity index (χ1v) is 11.9. The molecular formula is C26H36ClNO4. The van der Waals surface area contributed by atoms with Crippen LogP contribution in [0.15, 0.2) is 30.0 Å². The van der Waals surface area contributed by atoms with E-state index in [4.69, 9.17) is 21.4 Å². The highest BCUT2D eigenvalue weighted by Crippen LogP contribution is 2.44. The van der Waals surface area contributed by atoms with E-state index in [9.17, 15) is 9.59 Å². The van der Waals surface area contributed by atoms with E-state index in [1.165, 1.54) is 5.57 Å². The number of aliphatic carboxylic acids is 1. The van der Waals surface area contributed by atoms with E-state index in [1.807, 2.05) is 44.0 Å². The molecule has 1 fully saturated rings. The molecule has 1 saturated carbocycles. The van der Waals surface area contributed by atoms with Crippen LogP contribution >= 0.6 is 11.6 Å². The van der Waals surface area contributed by atoms with Crippen molar-refractivity contribution in [2.24, 2.45) is 17.8 Å². The highest BCUT2D eigenvalue weighted by Gasteiger charge is 2.42. The van der Waals surface area contributed by atoms with Crippen molar-refractivity contribution in [3.8, 4) is 0 Å². The standard InChI is InChI=1S/C26H36ClNO4/c1-16(2)21-14-28(13-17-9-19(10-17)24(30)31)23(29)12-26(21,6)20-8-7-18(22(27)11-20)15-32-25(3,4)5/h7-8,11,14,16-17,19H,9-10,12-13,15H2,1-6H3,(H,30,31)/t17?,19?,26-/m0/s1. The topological polar surface area (TPSA) is 66.8 Å². The summed E-state index contributed by atoms with van der Waals surface area (Å²) in [5.41, 5.74) is 2.49. The minimum atomic E-state index is -0.731. The molecule has 1 N–H and O–H groups in total. The molecule has 1 aromatic carbocycles. The summed E-state index contributed by atoms with van der Waals surface area (Å²) in [6.07, 6.45) is 3.68. The zero-order valence-electron chi connectivity index (χ0n) is 20.1. The Morgan fingerprint density at radius 1 is 1.31 bits per heavy atom. The molecule has 0 bridgehead atoms. The number of nitrogens with zero attached hydrogens (tertiary/aromatic N) is 1. The van der Waals surface area contributed by atoms with Gasteiger partial charge in [-0.1, -0.05) is 44.5 Å². The number of carbonyl (C=O) groups excluding carboxylic acids is 1. The molecule has 5 nitrogen and oxygen atoms in total. The second kappa shape index (κ2) is 9.18. The number of carboxylic acids is 1. The van der Waals surface area contributed by atoms with Crippen LogP contribution in [0.3, 0.4) is 0 Å². The molecule has 176 valence electrons. The second-order valence-electron chi connectivity index (χ2n) is 10.9.